The maximum absolute atomic E-state index is 12.4. The van der Waals surface area contributed by atoms with Crippen molar-refractivity contribution in [2.75, 3.05) is 13.7 Å². The van der Waals surface area contributed by atoms with E-state index in [1.807, 2.05) is 25.1 Å². The zero-order chi connectivity index (χ0) is 18.0. The summed E-state index contributed by atoms with van der Waals surface area (Å²) < 4.78 is 5.22. The summed E-state index contributed by atoms with van der Waals surface area (Å²) in [5.74, 6) is 0.120. The smallest absolute Gasteiger partial charge is 0.270 e. The summed E-state index contributed by atoms with van der Waals surface area (Å²) >= 11 is 6.14. The molecule has 1 unspecified atom stereocenters. The first-order chi connectivity index (χ1) is 12.0. The first kappa shape index (κ1) is 17.3. The Labute approximate surface area is 149 Å². The molecule has 6 nitrogen and oxygen atoms in total. The van der Waals surface area contributed by atoms with Crippen molar-refractivity contribution in [3.05, 3.63) is 58.2 Å². The lowest BCUT2D eigenvalue weighted by molar-refractivity contribution is 0.0911. The third-order valence-corrected chi connectivity index (χ3v) is 4.37. The lowest BCUT2D eigenvalue weighted by atomic mass is 10.1. The molecule has 25 heavy (non-hydrogen) atoms. The summed E-state index contributed by atoms with van der Waals surface area (Å²) in [6.45, 7) is 1.92. The van der Waals surface area contributed by atoms with Gasteiger partial charge < -0.3 is 15.2 Å². The van der Waals surface area contributed by atoms with Crippen LogP contribution in [0, 0.1) is 6.92 Å². The number of carbonyl (C=O) groups excluding carboxylic acids is 1. The highest BCUT2D eigenvalue weighted by atomic mass is 35.5. The lowest BCUT2D eigenvalue weighted by Gasteiger charge is -2.16. The number of hydrogen-bond donors (Lipinski definition) is 3. The molecule has 1 atom stereocenters. The van der Waals surface area contributed by atoms with Crippen molar-refractivity contribution in [3.8, 4) is 5.75 Å². The SMILES string of the molecule is COc1cccc(Cl)c1C(O)CNC(=O)c1[nH]nc2c(C)cccc12. The van der Waals surface area contributed by atoms with Gasteiger partial charge in [-0.15, -0.1) is 0 Å². The summed E-state index contributed by atoms with van der Waals surface area (Å²) in [6, 6.07) is 10.7. The van der Waals surface area contributed by atoms with Crippen molar-refractivity contribution >= 4 is 28.4 Å². The molecule has 1 heterocycles. The van der Waals surface area contributed by atoms with Crippen LogP contribution in [0.25, 0.3) is 10.9 Å². The third kappa shape index (κ3) is 3.31. The van der Waals surface area contributed by atoms with E-state index in [0.717, 1.165) is 16.5 Å². The van der Waals surface area contributed by atoms with Crippen LogP contribution in [0.2, 0.25) is 5.02 Å². The van der Waals surface area contributed by atoms with Crippen molar-refractivity contribution in [2.24, 2.45) is 0 Å². The molecule has 130 valence electrons. The van der Waals surface area contributed by atoms with Crippen LogP contribution < -0.4 is 10.1 Å². The number of para-hydroxylation sites is 1. The molecule has 0 fully saturated rings. The number of fused-ring (bicyclic) bond motifs is 1. The fourth-order valence-corrected chi connectivity index (χ4v) is 3.04. The van der Waals surface area contributed by atoms with E-state index in [1.54, 1.807) is 18.2 Å². The van der Waals surface area contributed by atoms with Gasteiger partial charge in [-0.3, -0.25) is 9.89 Å². The quantitative estimate of drug-likeness (QED) is 0.653. The van der Waals surface area contributed by atoms with E-state index in [9.17, 15) is 9.90 Å². The Kier molecular flexibility index (Phi) is 4.92. The van der Waals surface area contributed by atoms with Crippen LogP contribution in [0.4, 0.5) is 0 Å². The second-order valence-corrected chi connectivity index (χ2v) is 6.06. The van der Waals surface area contributed by atoms with Crippen LogP contribution >= 0.6 is 11.6 Å². The fraction of sp³-hybridized carbons (Fsp3) is 0.222. The summed E-state index contributed by atoms with van der Waals surface area (Å²) in [7, 11) is 1.50. The molecular weight excluding hydrogens is 342 g/mol. The zero-order valence-electron chi connectivity index (χ0n) is 13.8. The molecule has 1 amide bonds. The maximum atomic E-state index is 12.4. The molecule has 2 aromatic carbocycles. The Morgan fingerprint density at radius 3 is 2.88 bits per heavy atom. The number of nitrogens with zero attached hydrogens (tertiary/aromatic N) is 1. The van der Waals surface area contributed by atoms with Crippen molar-refractivity contribution in [2.45, 2.75) is 13.0 Å². The van der Waals surface area contributed by atoms with Crippen LogP contribution in [0.3, 0.4) is 0 Å². The van der Waals surface area contributed by atoms with Crippen molar-refractivity contribution in [1.82, 2.24) is 15.5 Å². The van der Waals surface area contributed by atoms with Crippen LogP contribution in [0.1, 0.15) is 27.7 Å². The number of aliphatic hydroxyl groups is 1. The number of aromatic nitrogens is 2. The normalized spacial score (nSPS) is 12.2. The molecule has 0 bridgehead atoms. The highest BCUT2D eigenvalue weighted by Crippen LogP contribution is 2.31. The zero-order valence-corrected chi connectivity index (χ0v) is 14.6. The predicted octanol–water partition coefficient (Wildman–Crippen LogP) is 3.00. The minimum Gasteiger partial charge on any atom is -0.496 e. The van der Waals surface area contributed by atoms with Crippen LogP contribution in [0.5, 0.6) is 5.75 Å². The number of amides is 1. The largest absolute Gasteiger partial charge is 0.496 e. The number of hydrogen-bond acceptors (Lipinski definition) is 4. The van der Waals surface area contributed by atoms with E-state index < -0.39 is 6.10 Å². The van der Waals surface area contributed by atoms with Gasteiger partial charge in [-0.05, 0) is 24.6 Å². The number of nitrogens with one attached hydrogen (secondary N) is 2. The van der Waals surface area contributed by atoms with Crippen LogP contribution in [0.15, 0.2) is 36.4 Å². The molecule has 0 aliphatic rings. The average Bonchev–Trinajstić information content (AvgIpc) is 3.04. The summed E-state index contributed by atoms with van der Waals surface area (Å²) in [5.41, 5.74) is 2.53. The van der Waals surface area contributed by atoms with Crippen LogP contribution in [-0.2, 0) is 0 Å². The minimum absolute atomic E-state index is 0.00867. The fourth-order valence-electron chi connectivity index (χ4n) is 2.75. The number of halogens is 1. The van der Waals surface area contributed by atoms with Gasteiger partial charge in [0.25, 0.3) is 5.91 Å². The van der Waals surface area contributed by atoms with Gasteiger partial charge in [0.05, 0.1) is 17.6 Å². The van der Waals surface area contributed by atoms with E-state index in [1.165, 1.54) is 7.11 Å². The monoisotopic (exact) mass is 359 g/mol. The molecule has 3 aromatic rings. The van der Waals surface area contributed by atoms with Gasteiger partial charge in [-0.25, -0.2) is 0 Å². The number of aliphatic hydroxyl groups excluding tert-OH is 1. The van der Waals surface area contributed by atoms with E-state index in [2.05, 4.69) is 15.5 Å². The van der Waals surface area contributed by atoms with Gasteiger partial charge in [0.15, 0.2) is 0 Å². The number of H-pyrrole nitrogens is 1. The molecular formula is C18H18ClN3O3. The first-order valence-electron chi connectivity index (χ1n) is 7.75. The number of rotatable bonds is 5. The van der Waals surface area contributed by atoms with E-state index >= 15 is 0 Å². The van der Waals surface area contributed by atoms with Gasteiger partial charge in [0.1, 0.15) is 17.5 Å². The molecule has 0 aliphatic heterocycles. The Balaban J connectivity index is 1.77. The topological polar surface area (TPSA) is 87.2 Å². The van der Waals surface area contributed by atoms with E-state index in [-0.39, 0.29) is 12.5 Å². The first-order valence-corrected chi connectivity index (χ1v) is 8.13. The number of aromatic amines is 1. The van der Waals surface area contributed by atoms with Gasteiger partial charge in [-0.1, -0.05) is 35.9 Å². The van der Waals surface area contributed by atoms with Crippen molar-refractivity contribution in [1.29, 1.82) is 0 Å². The number of methoxy groups -OCH3 is 1. The molecule has 3 rings (SSSR count). The predicted molar refractivity (Wildman–Crippen MR) is 96.1 cm³/mol. The Bertz CT molecular complexity index is 923. The Morgan fingerprint density at radius 1 is 1.36 bits per heavy atom. The molecule has 3 N–H and O–H groups in total. The second kappa shape index (κ2) is 7.13. The summed E-state index contributed by atoms with van der Waals surface area (Å²) in [6.07, 6.45) is -0.997. The van der Waals surface area contributed by atoms with Gasteiger partial charge >= 0.3 is 0 Å². The maximum Gasteiger partial charge on any atom is 0.270 e. The van der Waals surface area contributed by atoms with Crippen molar-refractivity contribution < 1.29 is 14.6 Å². The molecule has 0 saturated carbocycles. The second-order valence-electron chi connectivity index (χ2n) is 5.65. The number of ether oxygens (including phenoxy) is 1. The van der Waals surface area contributed by atoms with Gasteiger partial charge in [0.2, 0.25) is 0 Å². The molecule has 0 radical (unpaired) electrons. The molecule has 0 saturated heterocycles. The van der Waals surface area contributed by atoms with Crippen molar-refractivity contribution in [3.63, 3.8) is 0 Å². The number of carbonyl (C=O) groups is 1. The van der Waals surface area contributed by atoms with Crippen LogP contribution in [-0.4, -0.2) is 34.9 Å². The molecule has 0 spiro atoms. The Hall–Kier alpha value is -2.57. The average molecular weight is 360 g/mol. The number of aryl methyl sites for hydroxylation is 1. The molecule has 1 aromatic heterocycles. The minimum atomic E-state index is -0.997. The third-order valence-electron chi connectivity index (χ3n) is 4.04. The Morgan fingerprint density at radius 2 is 2.12 bits per heavy atom. The van der Waals surface area contributed by atoms with E-state index in [4.69, 9.17) is 16.3 Å². The standard InChI is InChI=1S/C18H18ClN3O3/c1-10-5-3-6-11-16(10)21-22-17(11)18(24)20-9-13(23)15-12(19)7-4-8-14(15)25-2/h3-8,13,23H,9H2,1-2H3,(H,20,24)(H,21,22). The summed E-state index contributed by atoms with van der Waals surface area (Å²) in [5, 5.41) is 21.2. The lowest BCUT2D eigenvalue weighted by Crippen LogP contribution is -2.29. The molecule has 7 heteroatoms. The van der Waals surface area contributed by atoms with E-state index in [0.29, 0.717) is 22.0 Å². The highest BCUT2D eigenvalue weighted by Gasteiger charge is 2.20. The number of benzene rings is 2. The molecule has 0 aliphatic carbocycles. The highest BCUT2D eigenvalue weighted by molar-refractivity contribution is 6.31. The van der Waals surface area contributed by atoms with Gasteiger partial charge in [0, 0.05) is 17.5 Å². The van der Waals surface area contributed by atoms with Gasteiger partial charge in [-0.2, -0.15) is 5.10 Å². The summed E-state index contributed by atoms with van der Waals surface area (Å²) in [4.78, 5) is 12.4.